The number of benzene rings is 6. The SMILES string of the molecule is Brc1ccc(-c2nc(-c3ccc4ccccc4c3)nc(-c3ccc4ccccc4c3)n2)c2ccccc12. The van der Waals surface area contributed by atoms with E-state index in [9.17, 15) is 0 Å². The molecule has 0 amide bonds. The largest absolute Gasteiger partial charge is 0.208 e. The van der Waals surface area contributed by atoms with Gasteiger partial charge < -0.3 is 0 Å². The van der Waals surface area contributed by atoms with Crippen molar-refractivity contribution in [2.24, 2.45) is 0 Å². The summed E-state index contributed by atoms with van der Waals surface area (Å²) >= 11 is 3.70. The Morgan fingerprint density at radius 3 is 1.49 bits per heavy atom. The molecule has 0 spiro atoms. The average Bonchev–Trinajstić information content (AvgIpc) is 2.97. The van der Waals surface area contributed by atoms with Gasteiger partial charge in [-0.15, -0.1) is 0 Å². The molecule has 3 nitrogen and oxygen atoms in total. The van der Waals surface area contributed by atoms with Gasteiger partial charge in [-0.2, -0.15) is 0 Å². The van der Waals surface area contributed by atoms with Gasteiger partial charge in [-0.1, -0.05) is 113 Å². The van der Waals surface area contributed by atoms with Gasteiger partial charge in [-0.3, -0.25) is 0 Å². The number of halogens is 1. The van der Waals surface area contributed by atoms with Gasteiger partial charge in [0.05, 0.1) is 0 Å². The topological polar surface area (TPSA) is 38.7 Å². The number of fused-ring (bicyclic) bond motifs is 3. The third-order valence-corrected chi connectivity index (χ3v) is 7.45. The van der Waals surface area contributed by atoms with Crippen LogP contribution in [-0.2, 0) is 0 Å². The normalized spacial score (nSPS) is 11.4. The van der Waals surface area contributed by atoms with Gasteiger partial charge in [0, 0.05) is 21.2 Å². The average molecular weight is 538 g/mol. The molecule has 0 aliphatic heterocycles. The van der Waals surface area contributed by atoms with Crippen molar-refractivity contribution >= 4 is 48.2 Å². The Morgan fingerprint density at radius 1 is 0.405 bits per heavy atom. The molecule has 7 rings (SSSR count). The Kier molecular flexibility index (Phi) is 5.26. The third-order valence-electron chi connectivity index (χ3n) is 6.76. The molecule has 0 fully saturated rings. The fraction of sp³-hybridized carbons (Fsp3) is 0. The van der Waals surface area contributed by atoms with E-state index in [0.29, 0.717) is 17.5 Å². The van der Waals surface area contributed by atoms with Gasteiger partial charge in [0.25, 0.3) is 0 Å². The quantitative estimate of drug-likeness (QED) is 0.225. The number of rotatable bonds is 3. The molecular weight excluding hydrogens is 518 g/mol. The van der Waals surface area contributed by atoms with Crippen molar-refractivity contribution in [1.82, 2.24) is 15.0 Å². The van der Waals surface area contributed by atoms with Gasteiger partial charge >= 0.3 is 0 Å². The summed E-state index contributed by atoms with van der Waals surface area (Å²) in [5.41, 5.74) is 2.90. The van der Waals surface area contributed by atoms with E-state index in [2.05, 4.69) is 125 Å². The lowest BCUT2D eigenvalue weighted by atomic mass is 10.0. The molecule has 0 unspecified atom stereocenters. The first-order valence-corrected chi connectivity index (χ1v) is 12.9. The Labute approximate surface area is 222 Å². The first-order valence-electron chi connectivity index (χ1n) is 12.1. The fourth-order valence-corrected chi connectivity index (χ4v) is 5.35. The van der Waals surface area contributed by atoms with Crippen molar-refractivity contribution in [3.63, 3.8) is 0 Å². The highest BCUT2D eigenvalue weighted by molar-refractivity contribution is 9.10. The molecule has 1 aromatic heterocycles. The molecule has 6 aromatic carbocycles. The Morgan fingerprint density at radius 2 is 0.892 bits per heavy atom. The lowest BCUT2D eigenvalue weighted by Crippen LogP contribution is -2.00. The maximum atomic E-state index is 5.01. The van der Waals surface area contributed by atoms with E-state index < -0.39 is 0 Å². The van der Waals surface area contributed by atoms with Crippen LogP contribution in [0.1, 0.15) is 0 Å². The zero-order valence-corrected chi connectivity index (χ0v) is 21.4. The number of hydrogen-bond acceptors (Lipinski definition) is 3. The van der Waals surface area contributed by atoms with Crippen molar-refractivity contribution in [3.05, 3.63) is 126 Å². The Hall–Kier alpha value is -4.41. The second-order valence-electron chi connectivity index (χ2n) is 9.07. The van der Waals surface area contributed by atoms with Crippen LogP contribution in [0.25, 0.3) is 66.5 Å². The Bertz CT molecular complexity index is 1860. The zero-order chi connectivity index (χ0) is 24.8. The van der Waals surface area contributed by atoms with E-state index in [1.54, 1.807) is 0 Å². The van der Waals surface area contributed by atoms with E-state index in [1.807, 2.05) is 12.1 Å². The van der Waals surface area contributed by atoms with Gasteiger partial charge in [-0.25, -0.2) is 15.0 Å². The van der Waals surface area contributed by atoms with E-state index in [-0.39, 0.29) is 0 Å². The predicted octanol–water partition coefficient (Wildman–Crippen LogP) is 9.09. The summed E-state index contributed by atoms with van der Waals surface area (Å²) in [6.45, 7) is 0. The summed E-state index contributed by atoms with van der Waals surface area (Å²) in [6.07, 6.45) is 0. The molecule has 0 radical (unpaired) electrons. The van der Waals surface area contributed by atoms with Crippen molar-refractivity contribution in [3.8, 4) is 34.2 Å². The summed E-state index contributed by atoms with van der Waals surface area (Å²) in [6, 6.07) is 41.9. The van der Waals surface area contributed by atoms with E-state index in [1.165, 1.54) is 10.8 Å². The molecule has 0 aliphatic rings. The third kappa shape index (κ3) is 3.96. The molecule has 1 heterocycles. The van der Waals surface area contributed by atoms with E-state index in [4.69, 9.17) is 15.0 Å². The van der Waals surface area contributed by atoms with Crippen molar-refractivity contribution in [2.75, 3.05) is 0 Å². The maximum absolute atomic E-state index is 5.01. The highest BCUT2D eigenvalue weighted by Gasteiger charge is 2.15. The van der Waals surface area contributed by atoms with Crippen molar-refractivity contribution < 1.29 is 0 Å². The summed E-state index contributed by atoms with van der Waals surface area (Å²) in [5, 5.41) is 6.91. The number of nitrogens with zero attached hydrogens (tertiary/aromatic N) is 3. The van der Waals surface area contributed by atoms with E-state index in [0.717, 1.165) is 42.7 Å². The fourth-order valence-electron chi connectivity index (χ4n) is 4.87. The lowest BCUT2D eigenvalue weighted by Gasteiger charge is -2.12. The lowest BCUT2D eigenvalue weighted by molar-refractivity contribution is 1.08. The standard InChI is InChI=1S/C33H20BrN3/c34-30-18-17-29(27-11-5-6-12-28(27)30)33-36-31(25-15-13-21-7-1-3-9-23(21)19-25)35-32(37-33)26-16-14-22-8-2-4-10-24(22)20-26/h1-20H. The summed E-state index contributed by atoms with van der Waals surface area (Å²) in [7, 11) is 0. The smallest absolute Gasteiger partial charge is 0.164 e. The van der Waals surface area contributed by atoms with Gasteiger partial charge in [-0.05, 0) is 56.6 Å². The summed E-state index contributed by atoms with van der Waals surface area (Å²) < 4.78 is 1.05. The first-order chi connectivity index (χ1) is 18.2. The van der Waals surface area contributed by atoms with Gasteiger partial charge in [0.1, 0.15) is 0 Å². The molecule has 0 saturated heterocycles. The summed E-state index contributed by atoms with van der Waals surface area (Å²) in [5.74, 6) is 1.97. The van der Waals surface area contributed by atoms with Crippen LogP contribution in [0.5, 0.6) is 0 Å². The molecule has 4 heteroatoms. The molecule has 0 atom stereocenters. The molecule has 0 aliphatic carbocycles. The second kappa shape index (κ2) is 8.91. The molecule has 174 valence electrons. The molecule has 37 heavy (non-hydrogen) atoms. The number of aromatic nitrogens is 3. The minimum Gasteiger partial charge on any atom is -0.208 e. The van der Waals surface area contributed by atoms with Gasteiger partial charge in [0.2, 0.25) is 0 Å². The van der Waals surface area contributed by atoms with Crippen molar-refractivity contribution in [2.45, 2.75) is 0 Å². The minimum atomic E-state index is 0.657. The van der Waals surface area contributed by atoms with Crippen LogP contribution < -0.4 is 0 Å². The number of hydrogen-bond donors (Lipinski definition) is 0. The maximum Gasteiger partial charge on any atom is 0.164 e. The van der Waals surface area contributed by atoms with Crippen LogP contribution in [0.4, 0.5) is 0 Å². The Balaban J connectivity index is 1.49. The zero-order valence-electron chi connectivity index (χ0n) is 19.8. The molecule has 0 N–H and O–H groups in total. The first kappa shape index (κ1) is 21.8. The van der Waals surface area contributed by atoms with Crippen LogP contribution in [0.3, 0.4) is 0 Å². The van der Waals surface area contributed by atoms with E-state index >= 15 is 0 Å². The van der Waals surface area contributed by atoms with Crippen LogP contribution in [0, 0.1) is 0 Å². The van der Waals surface area contributed by atoms with Crippen LogP contribution in [0.2, 0.25) is 0 Å². The van der Waals surface area contributed by atoms with Gasteiger partial charge in [0.15, 0.2) is 17.5 Å². The second-order valence-corrected chi connectivity index (χ2v) is 9.92. The minimum absolute atomic E-state index is 0.657. The van der Waals surface area contributed by atoms with Crippen LogP contribution in [0.15, 0.2) is 126 Å². The molecular formula is C33H20BrN3. The predicted molar refractivity (Wildman–Crippen MR) is 156 cm³/mol. The van der Waals surface area contributed by atoms with Crippen LogP contribution >= 0.6 is 15.9 Å². The highest BCUT2D eigenvalue weighted by Crippen LogP contribution is 2.34. The summed E-state index contributed by atoms with van der Waals surface area (Å²) in [4.78, 5) is 15.0. The highest BCUT2D eigenvalue weighted by atomic mass is 79.9. The van der Waals surface area contributed by atoms with Crippen molar-refractivity contribution in [1.29, 1.82) is 0 Å². The van der Waals surface area contributed by atoms with Crippen LogP contribution in [-0.4, -0.2) is 15.0 Å². The monoisotopic (exact) mass is 537 g/mol. The molecule has 0 saturated carbocycles. The molecule has 7 aromatic rings. The molecule has 0 bridgehead atoms.